The highest BCUT2D eigenvalue weighted by atomic mass is 19.3. The molecule has 1 amide bonds. The summed E-state index contributed by atoms with van der Waals surface area (Å²) >= 11 is 0. The number of fused-ring (bicyclic) bond motifs is 1. The lowest BCUT2D eigenvalue weighted by molar-refractivity contribution is -0.116. The molecule has 1 N–H and O–H groups in total. The topological polar surface area (TPSA) is 81.9 Å². The van der Waals surface area contributed by atoms with Gasteiger partial charge in [0.25, 0.3) is 0 Å². The Labute approximate surface area is 167 Å². The predicted molar refractivity (Wildman–Crippen MR) is 102 cm³/mol. The van der Waals surface area contributed by atoms with Gasteiger partial charge in [-0.05, 0) is 66.3 Å². The second-order valence-corrected chi connectivity index (χ2v) is 7.80. The van der Waals surface area contributed by atoms with Gasteiger partial charge in [-0.3, -0.25) is 4.79 Å². The Bertz CT molecular complexity index is 860. The van der Waals surface area contributed by atoms with Gasteiger partial charge in [0.05, 0.1) is 12.6 Å². The van der Waals surface area contributed by atoms with Crippen molar-refractivity contribution in [3.05, 3.63) is 29.6 Å². The van der Waals surface area contributed by atoms with Crippen LogP contribution in [-0.4, -0.2) is 38.6 Å². The number of aromatic nitrogens is 4. The van der Waals surface area contributed by atoms with E-state index in [0.29, 0.717) is 32.3 Å². The molecule has 9 heteroatoms. The van der Waals surface area contributed by atoms with Crippen LogP contribution in [0.4, 0.5) is 14.5 Å². The smallest absolute Gasteiger partial charge is 0.248 e. The Morgan fingerprint density at radius 1 is 1.21 bits per heavy atom. The lowest BCUT2D eigenvalue weighted by atomic mass is 9.92. The SMILES string of the molecule is O=C1CCc2cc(OCCCCc3nnnn3C3CCC(F)(F)CC3)ccc2N1. The van der Waals surface area contributed by atoms with Crippen molar-refractivity contribution in [1.82, 2.24) is 20.2 Å². The van der Waals surface area contributed by atoms with Crippen molar-refractivity contribution in [2.75, 3.05) is 11.9 Å². The monoisotopic (exact) mass is 405 g/mol. The van der Waals surface area contributed by atoms with Gasteiger partial charge in [0, 0.05) is 31.4 Å². The number of amides is 1. The van der Waals surface area contributed by atoms with Crippen LogP contribution in [-0.2, 0) is 17.6 Å². The number of aryl methyl sites for hydroxylation is 2. The third-order valence-corrected chi connectivity index (χ3v) is 5.63. The number of carbonyl (C=O) groups is 1. The van der Waals surface area contributed by atoms with Crippen LogP contribution in [0.25, 0.3) is 0 Å². The number of hydrogen-bond donors (Lipinski definition) is 1. The van der Waals surface area contributed by atoms with E-state index in [4.69, 9.17) is 4.74 Å². The van der Waals surface area contributed by atoms with Crippen molar-refractivity contribution in [1.29, 1.82) is 0 Å². The first-order valence-electron chi connectivity index (χ1n) is 10.2. The normalized spacial score (nSPS) is 18.9. The summed E-state index contributed by atoms with van der Waals surface area (Å²) in [6.45, 7) is 0.572. The van der Waals surface area contributed by atoms with E-state index in [1.54, 1.807) is 4.68 Å². The molecule has 1 aliphatic heterocycles. The fourth-order valence-corrected chi connectivity index (χ4v) is 3.95. The molecule has 0 unspecified atom stereocenters. The molecule has 1 aliphatic carbocycles. The summed E-state index contributed by atoms with van der Waals surface area (Å²) in [4.78, 5) is 11.4. The highest BCUT2D eigenvalue weighted by molar-refractivity contribution is 5.93. The van der Waals surface area contributed by atoms with Gasteiger partial charge in [-0.2, -0.15) is 0 Å². The fourth-order valence-electron chi connectivity index (χ4n) is 3.95. The lowest BCUT2D eigenvalue weighted by Gasteiger charge is -2.28. The number of halogens is 2. The molecule has 2 aromatic rings. The Kier molecular flexibility index (Phi) is 5.73. The van der Waals surface area contributed by atoms with E-state index in [1.165, 1.54) is 0 Å². The fraction of sp³-hybridized carbons (Fsp3) is 0.600. The molecule has 29 heavy (non-hydrogen) atoms. The van der Waals surface area contributed by atoms with Crippen LogP contribution in [0.5, 0.6) is 5.75 Å². The van der Waals surface area contributed by atoms with Crippen molar-refractivity contribution >= 4 is 11.6 Å². The van der Waals surface area contributed by atoms with Crippen LogP contribution < -0.4 is 10.1 Å². The molecule has 0 spiro atoms. The Hall–Kier alpha value is -2.58. The number of nitrogens with zero attached hydrogens (tertiary/aromatic N) is 4. The highest BCUT2D eigenvalue weighted by Gasteiger charge is 2.36. The van der Waals surface area contributed by atoms with Gasteiger partial charge < -0.3 is 10.1 Å². The van der Waals surface area contributed by atoms with Gasteiger partial charge >= 0.3 is 0 Å². The zero-order valence-electron chi connectivity index (χ0n) is 16.2. The molecule has 1 fully saturated rings. The number of hydrogen-bond acceptors (Lipinski definition) is 5. The predicted octanol–water partition coefficient (Wildman–Crippen LogP) is 3.71. The summed E-state index contributed by atoms with van der Waals surface area (Å²) in [5.74, 6) is -0.947. The van der Waals surface area contributed by atoms with Crippen LogP contribution in [0.1, 0.15) is 62.4 Å². The van der Waals surface area contributed by atoms with Crippen molar-refractivity contribution in [2.24, 2.45) is 0 Å². The van der Waals surface area contributed by atoms with Crippen molar-refractivity contribution in [3.8, 4) is 5.75 Å². The van der Waals surface area contributed by atoms with Gasteiger partial charge in [-0.1, -0.05) is 0 Å². The molecule has 7 nitrogen and oxygen atoms in total. The van der Waals surface area contributed by atoms with Gasteiger partial charge in [0.1, 0.15) is 5.75 Å². The number of unbranched alkanes of at least 4 members (excludes halogenated alkanes) is 1. The lowest BCUT2D eigenvalue weighted by Crippen LogP contribution is -2.27. The quantitative estimate of drug-likeness (QED) is 0.710. The van der Waals surface area contributed by atoms with E-state index >= 15 is 0 Å². The molecule has 0 atom stereocenters. The third kappa shape index (κ3) is 4.89. The number of alkyl halides is 2. The number of nitrogens with one attached hydrogen (secondary N) is 1. The minimum Gasteiger partial charge on any atom is -0.494 e. The summed E-state index contributed by atoms with van der Waals surface area (Å²) in [7, 11) is 0. The van der Waals surface area contributed by atoms with Crippen LogP contribution in [0.15, 0.2) is 18.2 Å². The van der Waals surface area contributed by atoms with E-state index in [9.17, 15) is 13.6 Å². The van der Waals surface area contributed by atoms with E-state index < -0.39 is 5.92 Å². The molecule has 0 radical (unpaired) electrons. The number of carbonyl (C=O) groups excluding carboxylic acids is 1. The van der Waals surface area contributed by atoms with Crippen molar-refractivity contribution in [2.45, 2.75) is 69.8 Å². The Morgan fingerprint density at radius 2 is 2.03 bits per heavy atom. The van der Waals surface area contributed by atoms with Gasteiger partial charge in [0.15, 0.2) is 5.82 Å². The van der Waals surface area contributed by atoms with E-state index in [1.807, 2.05) is 18.2 Å². The average molecular weight is 405 g/mol. The van der Waals surface area contributed by atoms with Crippen LogP contribution in [0.2, 0.25) is 0 Å². The number of tetrazole rings is 1. The first-order chi connectivity index (χ1) is 14.0. The standard InChI is InChI=1S/C20H25F2N5O2/c21-20(22)10-8-15(9-11-20)27-18(24-25-26-27)3-1-2-12-29-16-5-6-17-14(13-16)4-7-19(28)23-17/h5-6,13,15H,1-4,7-12H2,(H,23,28). The number of ether oxygens (including phenoxy) is 1. The summed E-state index contributed by atoms with van der Waals surface area (Å²) in [5.41, 5.74) is 1.96. The maximum atomic E-state index is 13.4. The molecule has 2 aliphatic rings. The largest absolute Gasteiger partial charge is 0.494 e. The van der Waals surface area contributed by atoms with E-state index in [2.05, 4.69) is 20.8 Å². The van der Waals surface area contributed by atoms with Crippen molar-refractivity contribution in [3.63, 3.8) is 0 Å². The van der Waals surface area contributed by atoms with Crippen LogP contribution in [0.3, 0.4) is 0 Å². The second-order valence-electron chi connectivity index (χ2n) is 7.80. The molecule has 1 aromatic heterocycles. The average Bonchev–Trinajstić information content (AvgIpc) is 3.16. The molecule has 0 saturated heterocycles. The molecule has 4 rings (SSSR count). The number of benzene rings is 1. The summed E-state index contributed by atoms with van der Waals surface area (Å²) in [5, 5.41) is 14.7. The number of anilines is 1. The maximum Gasteiger partial charge on any atom is 0.248 e. The van der Waals surface area contributed by atoms with E-state index in [0.717, 1.165) is 42.1 Å². The van der Waals surface area contributed by atoms with Gasteiger partial charge in [0.2, 0.25) is 11.8 Å². The van der Waals surface area contributed by atoms with Crippen LogP contribution in [0, 0.1) is 0 Å². The first kappa shape index (κ1) is 19.7. The summed E-state index contributed by atoms with van der Waals surface area (Å²) in [6.07, 6.45) is 4.23. The second kappa shape index (κ2) is 8.42. The number of rotatable bonds is 7. The van der Waals surface area contributed by atoms with Crippen LogP contribution >= 0.6 is 0 Å². The maximum absolute atomic E-state index is 13.4. The Morgan fingerprint density at radius 3 is 2.86 bits per heavy atom. The molecule has 2 heterocycles. The molecule has 156 valence electrons. The summed E-state index contributed by atoms with van der Waals surface area (Å²) < 4.78 is 34.3. The zero-order chi connectivity index (χ0) is 20.3. The molecule has 0 bridgehead atoms. The Balaban J connectivity index is 1.22. The highest BCUT2D eigenvalue weighted by Crippen LogP contribution is 2.38. The minimum atomic E-state index is -2.55. The molecule has 1 saturated carbocycles. The van der Waals surface area contributed by atoms with Gasteiger partial charge in [-0.15, -0.1) is 5.10 Å². The molecular weight excluding hydrogens is 380 g/mol. The summed E-state index contributed by atoms with van der Waals surface area (Å²) in [6, 6.07) is 5.69. The third-order valence-electron chi connectivity index (χ3n) is 5.63. The first-order valence-corrected chi connectivity index (χ1v) is 10.2. The molecule has 1 aromatic carbocycles. The van der Waals surface area contributed by atoms with Crippen molar-refractivity contribution < 1.29 is 18.3 Å². The minimum absolute atomic E-state index is 0.0353. The van der Waals surface area contributed by atoms with Gasteiger partial charge in [-0.25, -0.2) is 13.5 Å². The van der Waals surface area contributed by atoms with E-state index in [-0.39, 0.29) is 24.8 Å². The molecular formula is C20H25F2N5O2. The zero-order valence-corrected chi connectivity index (χ0v) is 16.2.